The zero-order valence-electron chi connectivity index (χ0n) is 16.6. The Morgan fingerprint density at radius 3 is 1.47 bits per heavy atom. The number of amides is 1. The Labute approximate surface area is 194 Å². The van der Waals surface area contributed by atoms with Crippen molar-refractivity contribution in [3.05, 3.63) is 101 Å². The summed E-state index contributed by atoms with van der Waals surface area (Å²) in [5.74, 6) is -0.593. The number of hydrogen-bond donors (Lipinski definition) is 4. The van der Waals surface area contributed by atoms with E-state index in [2.05, 4.69) is 18.0 Å². The van der Waals surface area contributed by atoms with E-state index in [9.17, 15) is 20.0 Å². The zero-order valence-corrected chi connectivity index (χ0v) is 18.2. The second-order valence-corrected chi connectivity index (χ2v) is 6.58. The van der Waals surface area contributed by atoms with Crippen molar-refractivity contribution in [3.8, 4) is 0 Å². The van der Waals surface area contributed by atoms with Gasteiger partial charge in [0, 0.05) is 29.1 Å². The molecular weight excluding hydrogens is 452 g/mol. The topological polar surface area (TPSA) is 156 Å². The average molecular weight is 473 g/mol. The molecule has 0 heterocycles. The number of non-ortho nitro benzene ring substituents is 1. The van der Waals surface area contributed by atoms with Crippen molar-refractivity contribution in [3.63, 3.8) is 0 Å². The minimum atomic E-state index is -0.593. The molecule has 0 spiro atoms. The van der Waals surface area contributed by atoms with Crippen LogP contribution >= 0.6 is 24.4 Å². The third-order valence-electron chi connectivity index (χ3n) is 3.58. The van der Waals surface area contributed by atoms with Crippen LogP contribution < -0.4 is 16.4 Å². The van der Waals surface area contributed by atoms with Crippen molar-refractivity contribution in [2.24, 2.45) is 11.5 Å². The first-order chi connectivity index (χ1) is 15.1. The third-order valence-corrected chi connectivity index (χ3v) is 3.77. The molecule has 3 aromatic carbocycles. The van der Waals surface area contributed by atoms with Gasteiger partial charge in [-0.25, -0.2) is 0 Å². The Bertz CT molecular complexity index is 972. The highest BCUT2D eigenvalue weighted by atomic mass is 32.1. The van der Waals surface area contributed by atoms with Gasteiger partial charge in [0.1, 0.15) is 0 Å². The van der Waals surface area contributed by atoms with Gasteiger partial charge >= 0.3 is 0 Å². The predicted octanol–water partition coefficient (Wildman–Crippen LogP) is 4.15. The number of nitrogens with zero attached hydrogens (tertiary/aromatic N) is 2. The zero-order chi connectivity index (χ0) is 24.1. The second kappa shape index (κ2) is 13.3. The highest BCUT2D eigenvalue weighted by Gasteiger charge is 2.12. The molecule has 0 bridgehead atoms. The van der Waals surface area contributed by atoms with Crippen LogP contribution in [0.1, 0.15) is 10.4 Å². The summed E-state index contributed by atoms with van der Waals surface area (Å²) in [5.41, 5.74) is 11.2. The molecule has 0 saturated carbocycles. The first-order valence-corrected chi connectivity index (χ1v) is 9.61. The van der Waals surface area contributed by atoms with Gasteiger partial charge in [-0.3, -0.25) is 19.8 Å². The number of benzene rings is 3. The van der Waals surface area contributed by atoms with Crippen LogP contribution in [-0.4, -0.2) is 31.4 Å². The van der Waals surface area contributed by atoms with Gasteiger partial charge in [0.05, 0.1) is 4.92 Å². The fraction of sp³-hybridized carbons (Fsp3) is 0. The summed E-state index contributed by atoms with van der Waals surface area (Å²) in [6, 6.07) is 24.2. The van der Waals surface area contributed by atoms with Crippen LogP contribution in [0.5, 0.6) is 0 Å². The number of anilines is 2. The lowest BCUT2D eigenvalue weighted by Gasteiger charge is -2.21. The SMILES string of the molecule is NC(=O)c1ccc([N+](=O)[O-])cc1.NC(O)=S.OC(=S)N(c1ccccc1)c1ccccc1. The Morgan fingerprint density at radius 2 is 1.19 bits per heavy atom. The molecule has 6 N–H and O–H groups in total. The molecule has 0 saturated heterocycles. The molecule has 0 aliphatic rings. The number of nitro groups is 1. The molecule has 166 valence electrons. The summed E-state index contributed by atoms with van der Waals surface area (Å²) < 4.78 is 0. The molecular formula is C21H20N4O5S2. The average Bonchev–Trinajstić information content (AvgIpc) is 2.75. The largest absolute Gasteiger partial charge is 0.487 e. The third kappa shape index (κ3) is 9.15. The number of aliphatic hydroxyl groups is 2. The minimum absolute atomic E-state index is 0.0556. The molecule has 3 rings (SSSR count). The maximum absolute atomic E-state index is 10.5. The van der Waals surface area contributed by atoms with Crippen molar-refractivity contribution in [1.29, 1.82) is 0 Å². The van der Waals surface area contributed by atoms with E-state index in [1.54, 1.807) is 4.90 Å². The van der Waals surface area contributed by atoms with Gasteiger partial charge in [-0.1, -0.05) is 36.4 Å². The van der Waals surface area contributed by atoms with Crippen molar-refractivity contribution >= 4 is 57.8 Å². The Hall–Kier alpha value is -4.09. The summed E-state index contributed by atoms with van der Waals surface area (Å²) in [4.78, 5) is 21.8. The molecule has 0 fully saturated rings. The fourth-order valence-electron chi connectivity index (χ4n) is 2.27. The molecule has 0 aromatic heterocycles. The summed E-state index contributed by atoms with van der Waals surface area (Å²) in [6.07, 6.45) is 0. The van der Waals surface area contributed by atoms with E-state index in [-0.39, 0.29) is 16.4 Å². The highest BCUT2D eigenvalue weighted by Crippen LogP contribution is 2.24. The number of carbonyl (C=O) groups is 1. The summed E-state index contributed by atoms with van der Waals surface area (Å²) in [7, 11) is 0. The molecule has 1 amide bonds. The lowest BCUT2D eigenvalue weighted by molar-refractivity contribution is -0.384. The number of carbonyl (C=O) groups excluding carboxylic acids is 1. The molecule has 3 aromatic rings. The number of aliphatic hydroxyl groups excluding tert-OH is 2. The van der Waals surface area contributed by atoms with E-state index in [4.69, 9.17) is 23.1 Å². The van der Waals surface area contributed by atoms with Gasteiger partial charge in [0.25, 0.3) is 16.0 Å². The van der Waals surface area contributed by atoms with Crippen LogP contribution in [0.3, 0.4) is 0 Å². The van der Waals surface area contributed by atoms with E-state index < -0.39 is 16.0 Å². The van der Waals surface area contributed by atoms with E-state index >= 15 is 0 Å². The first kappa shape index (κ1) is 25.9. The van der Waals surface area contributed by atoms with Crippen LogP contribution in [-0.2, 0) is 0 Å². The van der Waals surface area contributed by atoms with Gasteiger partial charge in [-0.2, -0.15) is 0 Å². The van der Waals surface area contributed by atoms with Gasteiger partial charge < -0.3 is 21.7 Å². The summed E-state index contributed by atoms with van der Waals surface area (Å²) in [6.45, 7) is 0. The molecule has 11 heteroatoms. The van der Waals surface area contributed by atoms with Crippen molar-refractivity contribution in [2.75, 3.05) is 4.90 Å². The maximum atomic E-state index is 10.5. The van der Waals surface area contributed by atoms with Crippen LogP contribution in [0.25, 0.3) is 0 Å². The number of rotatable bonds is 4. The smallest absolute Gasteiger partial charge is 0.269 e. The molecule has 9 nitrogen and oxygen atoms in total. The van der Waals surface area contributed by atoms with Crippen LogP contribution in [0.2, 0.25) is 0 Å². The number of thiocarbonyl (C=S) groups is 2. The van der Waals surface area contributed by atoms with E-state index in [1.165, 1.54) is 24.3 Å². The Balaban J connectivity index is 0.000000283. The molecule has 0 aliphatic heterocycles. The Morgan fingerprint density at radius 1 is 0.812 bits per heavy atom. The number of nitrogens with two attached hydrogens (primary N) is 2. The number of primary amides is 1. The molecule has 0 radical (unpaired) electrons. The van der Waals surface area contributed by atoms with Crippen molar-refractivity contribution in [2.45, 2.75) is 0 Å². The van der Waals surface area contributed by atoms with Gasteiger partial charge in [-0.05, 0) is 60.8 Å². The number of hydrogen-bond acceptors (Lipinski definition) is 5. The fourth-order valence-corrected chi connectivity index (χ4v) is 2.48. The van der Waals surface area contributed by atoms with Gasteiger partial charge in [-0.15, -0.1) is 0 Å². The lowest BCUT2D eigenvalue weighted by atomic mass is 10.2. The van der Waals surface area contributed by atoms with E-state index in [0.717, 1.165) is 11.4 Å². The molecule has 32 heavy (non-hydrogen) atoms. The lowest BCUT2D eigenvalue weighted by Crippen LogP contribution is -2.23. The monoisotopic (exact) mass is 472 g/mol. The molecule has 0 aliphatic carbocycles. The minimum Gasteiger partial charge on any atom is -0.487 e. The summed E-state index contributed by atoms with van der Waals surface area (Å²) in [5, 5.41) is 26.7. The van der Waals surface area contributed by atoms with Crippen molar-refractivity contribution in [1.82, 2.24) is 0 Å². The number of para-hydroxylation sites is 2. The second-order valence-electron chi connectivity index (χ2n) is 5.80. The normalized spacial score (nSPS) is 9.12. The quantitative estimate of drug-likeness (QED) is 0.249. The van der Waals surface area contributed by atoms with Crippen LogP contribution in [0.15, 0.2) is 84.9 Å². The van der Waals surface area contributed by atoms with Crippen molar-refractivity contribution < 1.29 is 19.9 Å². The van der Waals surface area contributed by atoms with Crippen LogP contribution in [0, 0.1) is 10.1 Å². The van der Waals surface area contributed by atoms with Gasteiger partial charge in [0.15, 0.2) is 0 Å². The van der Waals surface area contributed by atoms with Gasteiger partial charge in [0.2, 0.25) is 5.91 Å². The Kier molecular flexibility index (Phi) is 10.8. The highest BCUT2D eigenvalue weighted by molar-refractivity contribution is 7.80. The predicted molar refractivity (Wildman–Crippen MR) is 131 cm³/mol. The maximum Gasteiger partial charge on any atom is 0.269 e. The van der Waals surface area contributed by atoms with E-state index in [0.29, 0.717) is 0 Å². The standard InChI is InChI=1S/C13H11NOS.C7H6N2O3.CH3NOS/c15-13(16)14(11-7-3-1-4-8-11)12-9-5-2-6-10-12;8-7(10)5-1-3-6(4-2-5)9(11)12;2-1(3)4/h1-10H,(H,15,16);1-4H,(H2,8,10);(H3,2,3,4). The summed E-state index contributed by atoms with van der Waals surface area (Å²) >= 11 is 8.73. The molecule has 0 unspecified atom stereocenters. The van der Waals surface area contributed by atoms with Crippen LogP contribution in [0.4, 0.5) is 17.1 Å². The number of nitro benzene ring substituents is 1. The van der Waals surface area contributed by atoms with E-state index in [1.807, 2.05) is 60.7 Å². The molecule has 0 atom stereocenters. The first-order valence-electron chi connectivity index (χ1n) is 8.79.